The minimum Gasteiger partial charge on any atom is -0.398 e. The molecule has 0 aliphatic carbocycles. The predicted octanol–water partition coefficient (Wildman–Crippen LogP) is 2.92. The van der Waals surface area contributed by atoms with Crippen molar-refractivity contribution < 1.29 is 0 Å². The van der Waals surface area contributed by atoms with Crippen LogP contribution in [0.25, 0.3) is 0 Å². The van der Waals surface area contributed by atoms with Gasteiger partial charge < -0.3 is 11.1 Å². The van der Waals surface area contributed by atoms with E-state index in [1.165, 1.54) is 5.56 Å². The smallest absolute Gasteiger partial charge is 0.0458 e. The van der Waals surface area contributed by atoms with Gasteiger partial charge in [0.25, 0.3) is 0 Å². The molecule has 1 rings (SSSR count). The maximum absolute atomic E-state index is 5.70. The Balaban J connectivity index is 2.55. The molecule has 0 aromatic heterocycles. The highest BCUT2D eigenvalue weighted by molar-refractivity contribution is 9.10. The van der Waals surface area contributed by atoms with Crippen LogP contribution in [0.4, 0.5) is 5.69 Å². The molecule has 0 saturated heterocycles. The molecule has 0 aliphatic rings. The second kappa shape index (κ2) is 5.37. The highest BCUT2D eigenvalue weighted by atomic mass is 79.9. The highest BCUT2D eigenvalue weighted by Gasteiger charge is 2.00. The summed E-state index contributed by atoms with van der Waals surface area (Å²) in [5, 5.41) is 3.43. The second-order valence-corrected chi connectivity index (χ2v) is 4.40. The molecule has 3 N–H and O–H groups in total. The zero-order valence-corrected chi connectivity index (χ0v) is 10.3. The quantitative estimate of drug-likeness (QED) is 0.814. The number of benzene rings is 1. The molecule has 0 amide bonds. The molecule has 1 aromatic carbocycles. The van der Waals surface area contributed by atoms with E-state index in [0.29, 0.717) is 6.04 Å². The van der Waals surface area contributed by atoms with Crippen LogP contribution in [-0.2, 0) is 6.54 Å². The Bertz CT molecular complexity index is 299. The molecule has 0 spiro atoms. The van der Waals surface area contributed by atoms with Crippen molar-refractivity contribution in [2.75, 3.05) is 5.73 Å². The van der Waals surface area contributed by atoms with E-state index < -0.39 is 0 Å². The van der Waals surface area contributed by atoms with Gasteiger partial charge in [0, 0.05) is 22.7 Å². The van der Waals surface area contributed by atoms with E-state index in [1.54, 1.807) is 0 Å². The first-order valence-corrected chi connectivity index (χ1v) is 5.70. The van der Waals surface area contributed by atoms with E-state index in [4.69, 9.17) is 5.73 Å². The highest BCUT2D eigenvalue weighted by Crippen LogP contribution is 2.20. The average Bonchev–Trinajstić information content (AvgIpc) is 2.19. The van der Waals surface area contributed by atoms with Crippen molar-refractivity contribution in [2.24, 2.45) is 0 Å². The van der Waals surface area contributed by atoms with Gasteiger partial charge in [-0.15, -0.1) is 0 Å². The topological polar surface area (TPSA) is 38.0 Å². The molecule has 1 atom stereocenters. The van der Waals surface area contributed by atoms with E-state index in [0.717, 1.165) is 23.1 Å². The van der Waals surface area contributed by atoms with Crippen molar-refractivity contribution >= 4 is 21.6 Å². The summed E-state index contributed by atoms with van der Waals surface area (Å²) >= 11 is 3.42. The van der Waals surface area contributed by atoms with Gasteiger partial charge in [-0.05, 0) is 47.0 Å². The number of nitrogens with one attached hydrogen (secondary N) is 1. The number of nitrogens with two attached hydrogens (primary N) is 1. The second-order valence-electron chi connectivity index (χ2n) is 3.55. The number of anilines is 1. The van der Waals surface area contributed by atoms with E-state index >= 15 is 0 Å². The van der Waals surface area contributed by atoms with E-state index in [2.05, 4.69) is 47.2 Å². The maximum atomic E-state index is 5.70. The Hall–Kier alpha value is -0.540. The molecule has 1 unspecified atom stereocenters. The van der Waals surface area contributed by atoms with Crippen molar-refractivity contribution in [3.63, 3.8) is 0 Å². The van der Waals surface area contributed by atoms with Crippen LogP contribution in [0.15, 0.2) is 22.7 Å². The van der Waals surface area contributed by atoms with Crippen molar-refractivity contribution in [2.45, 2.75) is 32.9 Å². The number of hydrogen-bond donors (Lipinski definition) is 2. The summed E-state index contributed by atoms with van der Waals surface area (Å²) in [7, 11) is 0. The van der Waals surface area contributed by atoms with Crippen molar-refractivity contribution in [1.29, 1.82) is 0 Å². The molecule has 14 heavy (non-hydrogen) atoms. The lowest BCUT2D eigenvalue weighted by atomic mass is 10.2. The molecule has 1 aromatic rings. The fourth-order valence-electron chi connectivity index (χ4n) is 1.12. The van der Waals surface area contributed by atoms with E-state index in [-0.39, 0.29) is 0 Å². The maximum Gasteiger partial charge on any atom is 0.0458 e. The molecule has 0 radical (unpaired) electrons. The largest absolute Gasteiger partial charge is 0.398 e. The Morgan fingerprint density at radius 2 is 2.21 bits per heavy atom. The monoisotopic (exact) mass is 256 g/mol. The zero-order valence-electron chi connectivity index (χ0n) is 8.68. The summed E-state index contributed by atoms with van der Waals surface area (Å²) < 4.78 is 0.973. The van der Waals surface area contributed by atoms with Crippen LogP contribution in [0.5, 0.6) is 0 Å². The number of halogens is 1. The summed E-state index contributed by atoms with van der Waals surface area (Å²) in [6.45, 7) is 5.26. The molecular formula is C11H17BrN2. The van der Waals surface area contributed by atoms with Crippen LogP contribution in [0, 0.1) is 0 Å². The SMILES string of the molecule is CCC(C)NCc1ccc(N)c(Br)c1. The molecule has 0 fully saturated rings. The number of nitrogen functional groups attached to an aromatic ring is 1. The molecule has 3 heteroatoms. The number of rotatable bonds is 4. The van der Waals surface area contributed by atoms with Gasteiger partial charge in [-0.2, -0.15) is 0 Å². The molecular weight excluding hydrogens is 240 g/mol. The Morgan fingerprint density at radius 3 is 2.79 bits per heavy atom. The molecule has 0 saturated carbocycles. The van der Waals surface area contributed by atoms with Crippen LogP contribution in [0.3, 0.4) is 0 Å². The van der Waals surface area contributed by atoms with E-state index in [1.807, 2.05) is 6.07 Å². The van der Waals surface area contributed by atoms with Crippen LogP contribution in [0.1, 0.15) is 25.8 Å². The minimum atomic E-state index is 0.561. The van der Waals surface area contributed by atoms with Crippen LogP contribution in [-0.4, -0.2) is 6.04 Å². The van der Waals surface area contributed by atoms with E-state index in [9.17, 15) is 0 Å². The summed E-state index contributed by atoms with van der Waals surface area (Å²) in [6, 6.07) is 6.60. The van der Waals surface area contributed by atoms with Gasteiger partial charge in [-0.3, -0.25) is 0 Å². The van der Waals surface area contributed by atoms with Crippen LogP contribution < -0.4 is 11.1 Å². The van der Waals surface area contributed by atoms with Gasteiger partial charge >= 0.3 is 0 Å². The lowest BCUT2D eigenvalue weighted by Crippen LogP contribution is -2.24. The van der Waals surface area contributed by atoms with Gasteiger partial charge in [0.2, 0.25) is 0 Å². The van der Waals surface area contributed by atoms with Gasteiger partial charge in [-0.1, -0.05) is 13.0 Å². The van der Waals surface area contributed by atoms with Crippen molar-refractivity contribution in [3.05, 3.63) is 28.2 Å². The molecule has 0 aliphatic heterocycles. The molecule has 78 valence electrons. The lowest BCUT2D eigenvalue weighted by molar-refractivity contribution is 0.534. The van der Waals surface area contributed by atoms with Crippen LogP contribution >= 0.6 is 15.9 Å². The third kappa shape index (κ3) is 3.31. The molecule has 0 bridgehead atoms. The fraction of sp³-hybridized carbons (Fsp3) is 0.455. The molecule has 2 nitrogen and oxygen atoms in total. The van der Waals surface area contributed by atoms with Crippen LogP contribution in [0.2, 0.25) is 0 Å². The fourth-order valence-corrected chi connectivity index (χ4v) is 1.54. The predicted molar refractivity (Wildman–Crippen MR) is 65.1 cm³/mol. The first-order chi connectivity index (χ1) is 6.63. The van der Waals surface area contributed by atoms with Gasteiger partial charge in [0.05, 0.1) is 0 Å². The van der Waals surface area contributed by atoms with Gasteiger partial charge in [0.1, 0.15) is 0 Å². The van der Waals surface area contributed by atoms with Crippen molar-refractivity contribution in [1.82, 2.24) is 5.32 Å². The summed E-state index contributed by atoms with van der Waals surface area (Å²) in [6.07, 6.45) is 1.15. The minimum absolute atomic E-state index is 0.561. The Morgan fingerprint density at radius 1 is 1.50 bits per heavy atom. The van der Waals surface area contributed by atoms with Gasteiger partial charge in [-0.25, -0.2) is 0 Å². The standard InChI is InChI=1S/C11H17BrN2/c1-3-8(2)14-7-9-4-5-11(13)10(12)6-9/h4-6,8,14H,3,7,13H2,1-2H3. The summed E-state index contributed by atoms with van der Waals surface area (Å²) in [5.74, 6) is 0. The zero-order chi connectivity index (χ0) is 10.6. The average molecular weight is 257 g/mol. The normalized spacial score (nSPS) is 12.8. The summed E-state index contributed by atoms with van der Waals surface area (Å²) in [5.41, 5.74) is 7.75. The third-order valence-electron chi connectivity index (χ3n) is 2.33. The van der Waals surface area contributed by atoms with Gasteiger partial charge in [0.15, 0.2) is 0 Å². The van der Waals surface area contributed by atoms with Crippen molar-refractivity contribution in [3.8, 4) is 0 Å². The Labute approximate surface area is 94.0 Å². The third-order valence-corrected chi connectivity index (χ3v) is 3.02. The first-order valence-electron chi connectivity index (χ1n) is 4.90. The first kappa shape index (κ1) is 11.5. The number of hydrogen-bond acceptors (Lipinski definition) is 2. The molecule has 0 heterocycles. The summed E-state index contributed by atoms with van der Waals surface area (Å²) in [4.78, 5) is 0. The lowest BCUT2D eigenvalue weighted by Gasteiger charge is -2.11. The Kier molecular flexibility index (Phi) is 4.42.